The third-order valence-corrected chi connectivity index (χ3v) is 3.84. The number of fused-ring (bicyclic) bond motifs is 1. The van der Waals surface area contributed by atoms with Crippen LogP contribution in [0.3, 0.4) is 0 Å². The lowest BCUT2D eigenvalue weighted by Crippen LogP contribution is -2.38. The van der Waals surface area contributed by atoms with Gasteiger partial charge in [-0.05, 0) is 30.5 Å². The number of nitrogens with two attached hydrogens (primary N) is 1. The zero-order valence-electron chi connectivity index (χ0n) is 9.75. The molecule has 0 unspecified atom stereocenters. The first-order valence-electron chi connectivity index (χ1n) is 6.19. The van der Waals surface area contributed by atoms with Gasteiger partial charge in [0.2, 0.25) is 0 Å². The minimum atomic E-state index is -0.208. The second-order valence-corrected chi connectivity index (χ2v) is 5.06. The number of hydrogen-bond acceptors (Lipinski definition) is 2. The van der Waals surface area contributed by atoms with E-state index in [1.807, 2.05) is 18.2 Å². The number of nitrogens with one attached hydrogen (secondary N) is 2. The Bertz CT molecular complexity index is 590. The number of hydrogen-bond donors (Lipinski definition) is 3. The van der Waals surface area contributed by atoms with Crippen LogP contribution < -0.4 is 11.4 Å². The molecule has 1 saturated carbocycles. The number of imidazole rings is 1. The summed E-state index contributed by atoms with van der Waals surface area (Å²) in [7, 11) is 0. The molecule has 1 aromatic heterocycles. The predicted molar refractivity (Wildman–Crippen MR) is 67.9 cm³/mol. The average molecular weight is 231 g/mol. The molecule has 1 aliphatic carbocycles. The summed E-state index contributed by atoms with van der Waals surface area (Å²) in [5.74, 6) is 0. The van der Waals surface area contributed by atoms with E-state index < -0.39 is 0 Å². The highest BCUT2D eigenvalue weighted by Gasteiger charge is 2.29. The van der Waals surface area contributed by atoms with Crippen molar-refractivity contribution >= 4 is 11.0 Å². The lowest BCUT2D eigenvalue weighted by molar-refractivity contribution is 0.302. The van der Waals surface area contributed by atoms with Crippen molar-refractivity contribution in [1.82, 2.24) is 9.97 Å². The molecule has 3 rings (SSSR count). The van der Waals surface area contributed by atoms with Crippen molar-refractivity contribution in [2.45, 2.75) is 37.6 Å². The van der Waals surface area contributed by atoms with Crippen molar-refractivity contribution in [2.24, 2.45) is 5.73 Å². The Labute approximate surface area is 99.2 Å². The zero-order chi connectivity index (χ0) is 11.9. The molecule has 4 N–H and O–H groups in total. The number of aromatic amines is 2. The molecule has 0 radical (unpaired) electrons. The Morgan fingerprint density at radius 2 is 1.76 bits per heavy atom. The Morgan fingerprint density at radius 1 is 1.06 bits per heavy atom. The molecule has 17 heavy (non-hydrogen) atoms. The van der Waals surface area contributed by atoms with Crippen LogP contribution in [-0.4, -0.2) is 9.97 Å². The first-order chi connectivity index (χ1) is 8.17. The Kier molecular flexibility index (Phi) is 2.33. The van der Waals surface area contributed by atoms with E-state index in [1.54, 1.807) is 0 Å². The van der Waals surface area contributed by atoms with Gasteiger partial charge in [0.15, 0.2) is 0 Å². The molecule has 4 nitrogen and oxygen atoms in total. The van der Waals surface area contributed by atoms with Gasteiger partial charge in [-0.2, -0.15) is 0 Å². The fourth-order valence-corrected chi connectivity index (χ4v) is 2.81. The van der Waals surface area contributed by atoms with E-state index in [9.17, 15) is 4.79 Å². The van der Waals surface area contributed by atoms with E-state index in [0.717, 1.165) is 29.4 Å². The van der Waals surface area contributed by atoms with Crippen LogP contribution in [-0.2, 0) is 5.54 Å². The molecule has 1 aliphatic rings. The molecule has 2 aromatic rings. The summed E-state index contributed by atoms with van der Waals surface area (Å²) in [5.41, 5.74) is 8.94. The van der Waals surface area contributed by atoms with Gasteiger partial charge < -0.3 is 15.7 Å². The topological polar surface area (TPSA) is 74.7 Å². The van der Waals surface area contributed by atoms with Crippen molar-refractivity contribution in [3.8, 4) is 0 Å². The van der Waals surface area contributed by atoms with Crippen molar-refractivity contribution in [1.29, 1.82) is 0 Å². The van der Waals surface area contributed by atoms with Gasteiger partial charge in [-0.15, -0.1) is 0 Å². The van der Waals surface area contributed by atoms with Crippen LogP contribution in [0.25, 0.3) is 11.0 Å². The van der Waals surface area contributed by atoms with Crippen molar-refractivity contribution in [3.63, 3.8) is 0 Å². The van der Waals surface area contributed by atoms with Gasteiger partial charge >= 0.3 is 5.69 Å². The molecule has 0 saturated heterocycles. The summed E-state index contributed by atoms with van der Waals surface area (Å²) in [6.45, 7) is 0. The van der Waals surface area contributed by atoms with Crippen LogP contribution in [0.1, 0.15) is 37.7 Å². The summed E-state index contributed by atoms with van der Waals surface area (Å²) in [5, 5.41) is 0. The molecule has 90 valence electrons. The average Bonchev–Trinajstić information content (AvgIpc) is 2.69. The predicted octanol–water partition coefficient (Wildman–Crippen LogP) is 1.97. The molecule has 1 fully saturated rings. The first kappa shape index (κ1) is 10.6. The molecule has 0 atom stereocenters. The van der Waals surface area contributed by atoms with Crippen LogP contribution in [0, 0.1) is 0 Å². The SMILES string of the molecule is NC1(c2ccc3[nH]c(=O)[nH]c3c2)CCCCC1. The lowest BCUT2D eigenvalue weighted by atomic mass is 9.77. The summed E-state index contributed by atoms with van der Waals surface area (Å²) in [6.07, 6.45) is 5.74. The number of rotatable bonds is 1. The van der Waals surface area contributed by atoms with Gasteiger partial charge in [0.05, 0.1) is 11.0 Å². The van der Waals surface area contributed by atoms with Crippen molar-refractivity contribution < 1.29 is 0 Å². The van der Waals surface area contributed by atoms with Crippen molar-refractivity contribution in [2.75, 3.05) is 0 Å². The highest BCUT2D eigenvalue weighted by atomic mass is 16.1. The van der Waals surface area contributed by atoms with Gasteiger partial charge in [-0.3, -0.25) is 0 Å². The molecule has 0 amide bonds. The monoisotopic (exact) mass is 231 g/mol. The number of aromatic nitrogens is 2. The number of H-pyrrole nitrogens is 2. The molecule has 0 bridgehead atoms. The minimum absolute atomic E-state index is 0.160. The maximum atomic E-state index is 11.2. The van der Waals surface area contributed by atoms with Gasteiger partial charge in [0, 0.05) is 5.54 Å². The smallest absolute Gasteiger partial charge is 0.321 e. The number of benzene rings is 1. The Hall–Kier alpha value is -1.55. The second-order valence-electron chi connectivity index (χ2n) is 5.06. The molecule has 4 heteroatoms. The normalized spacial score (nSPS) is 19.6. The molecule has 1 heterocycles. The maximum absolute atomic E-state index is 11.2. The molecule has 1 aromatic carbocycles. The molecular weight excluding hydrogens is 214 g/mol. The van der Waals surface area contributed by atoms with Crippen LogP contribution >= 0.6 is 0 Å². The summed E-state index contributed by atoms with van der Waals surface area (Å²) in [4.78, 5) is 16.8. The van der Waals surface area contributed by atoms with Crippen LogP contribution in [0.5, 0.6) is 0 Å². The summed E-state index contributed by atoms with van der Waals surface area (Å²) >= 11 is 0. The lowest BCUT2D eigenvalue weighted by Gasteiger charge is -2.33. The van der Waals surface area contributed by atoms with Gasteiger partial charge in [-0.1, -0.05) is 25.3 Å². The molecule has 0 aliphatic heterocycles. The maximum Gasteiger partial charge on any atom is 0.323 e. The standard InChI is InChI=1S/C13H17N3O/c14-13(6-2-1-3-7-13)9-4-5-10-11(8-9)16-12(17)15-10/h4-5,8H,1-3,6-7,14H2,(H2,15,16,17). The first-order valence-corrected chi connectivity index (χ1v) is 6.19. The third kappa shape index (κ3) is 1.78. The zero-order valence-corrected chi connectivity index (χ0v) is 9.75. The second kappa shape index (κ2) is 3.74. The van der Waals surface area contributed by atoms with E-state index in [-0.39, 0.29) is 11.2 Å². The van der Waals surface area contributed by atoms with Gasteiger partial charge in [-0.25, -0.2) is 4.79 Å². The van der Waals surface area contributed by atoms with Crippen LogP contribution in [0.2, 0.25) is 0 Å². The molecular formula is C13H17N3O. The third-order valence-electron chi connectivity index (χ3n) is 3.84. The van der Waals surface area contributed by atoms with Crippen LogP contribution in [0.4, 0.5) is 0 Å². The summed E-state index contributed by atoms with van der Waals surface area (Å²) < 4.78 is 0. The fourth-order valence-electron chi connectivity index (χ4n) is 2.81. The Morgan fingerprint density at radius 3 is 2.53 bits per heavy atom. The largest absolute Gasteiger partial charge is 0.323 e. The van der Waals surface area contributed by atoms with E-state index in [2.05, 4.69) is 9.97 Å². The highest BCUT2D eigenvalue weighted by Crippen LogP contribution is 2.35. The van der Waals surface area contributed by atoms with E-state index in [1.165, 1.54) is 19.3 Å². The Balaban J connectivity index is 2.07. The van der Waals surface area contributed by atoms with Gasteiger partial charge in [0.25, 0.3) is 0 Å². The summed E-state index contributed by atoms with van der Waals surface area (Å²) in [6, 6.07) is 5.99. The highest BCUT2D eigenvalue weighted by molar-refractivity contribution is 5.75. The quantitative estimate of drug-likeness (QED) is 0.702. The van der Waals surface area contributed by atoms with E-state index in [4.69, 9.17) is 5.73 Å². The van der Waals surface area contributed by atoms with E-state index in [0.29, 0.717) is 0 Å². The van der Waals surface area contributed by atoms with Crippen LogP contribution in [0.15, 0.2) is 23.0 Å². The van der Waals surface area contributed by atoms with Gasteiger partial charge in [0.1, 0.15) is 0 Å². The molecule has 0 spiro atoms. The fraction of sp³-hybridized carbons (Fsp3) is 0.462. The van der Waals surface area contributed by atoms with E-state index >= 15 is 0 Å². The van der Waals surface area contributed by atoms with Crippen molar-refractivity contribution in [3.05, 3.63) is 34.2 Å². The minimum Gasteiger partial charge on any atom is -0.321 e.